The Morgan fingerprint density at radius 1 is 1.56 bits per heavy atom. The molecule has 0 aliphatic carbocycles. The Morgan fingerprint density at radius 2 is 2.33 bits per heavy atom. The molecule has 5 nitrogen and oxygen atoms in total. The van der Waals surface area contributed by atoms with Crippen molar-refractivity contribution in [3.05, 3.63) is 22.7 Å². The second-order valence-corrected chi connectivity index (χ2v) is 5.35. The van der Waals surface area contributed by atoms with Gasteiger partial charge in [0.1, 0.15) is 0 Å². The summed E-state index contributed by atoms with van der Waals surface area (Å²) >= 11 is 0. The Balaban J connectivity index is 2.30. The standard InChI is InChI=1S/C13H22N4O/c1-10(2)9-16-6-5-15-12(13(16)18)17-7-4-14-8-11(17)3/h5-6,10-11,14H,4,7-9H2,1-3H3. The molecule has 1 aliphatic heterocycles. The lowest BCUT2D eigenvalue weighted by molar-refractivity contribution is 0.482. The molecule has 1 aromatic rings. The maximum Gasteiger partial charge on any atom is 0.293 e. The third-order valence-electron chi connectivity index (χ3n) is 3.23. The van der Waals surface area contributed by atoms with Gasteiger partial charge in [0.2, 0.25) is 0 Å². The Hall–Kier alpha value is -1.36. The van der Waals surface area contributed by atoms with Gasteiger partial charge >= 0.3 is 0 Å². The van der Waals surface area contributed by atoms with Crippen LogP contribution in [0.25, 0.3) is 0 Å². The molecule has 18 heavy (non-hydrogen) atoms. The molecule has 0 aromatic carbocycles. The van der Waals surface area contributed by atoms with Crippen LogP contribution in [0.1, 0.15) is 20.8 Å². The largest absolute Gasteiger partial charge is 0.347 e. The van der Waals surface area contributed by atoms with Crippen molar-refractivity contribution < 1.29 is 0 Å². The summed E-state index contributed by atoms with van der Waals surface area (Å²) in [4.78, 5) is 18.8. The highest BCUT2D eigenvalue weighted by Crippen LogP contribution is 2.10. The van der Waals surface area contributed by atoms with E-state index in [1.807, 2.05) is 0 Å². The fourth-order valence-corrected chi connectivity index (χ4v) is 2.33. The molecule has 1 aliphatic rings. The maximum absolute atomic E-state index is 12.4. The summed E-state index contributed by atoms with van der Waals surface area (Å²) in [7, 11) is 0. The minimum atomic E-state index is 0.0277. The SMILES string of the molecule is CC(C)Cn1ccnc(N2CCNCC2C)c1=O. The van der Waals surface area contributed by atoms with Gasteiger partial charge < -0.3 is 14.8 Å². The molecule has 100 valence electrons. The summed E-state index contributed by atoms with van der Waals surface area (Å²) in [6.07, 6.45) is 3.51. The number of anilines is 1. The van der Waals surface area contributed by atoms with Gasteiger partial charge in [-0.15, -0.1) is 0 Å². The highest BCUT2D eigenvalue weighted by Gasteiger charge is 2.22. The number of hydrogen-bond donors (Lipinski definition) is 1. The number of nitrogens with one attached hydrogen (secondary N) is 1. The molecule has 0 bridgehead atoms. The zero-order valence-electron chi connectivity index (χ0n) is 11.4. The summed E-state index contributed by atoms with van der Waals surface area (Å²) in [5, 5.41) is 3.32. The van der Waals surface area contributed by atoms with Crippen molar-refractivity contribution in [2.75, 3.05) is 24.5 Å². The van der Waals surface area contributed by atoms with E-state index in [4.69, 9.17) is 0 Å². The van der Waals surface area contributed by atoms with Gasteiger partial charge in [0.15, 0.2) is 5.82 Å². The average molecular weight is 250 g/mol. The molecule has 1 unspecified atom stereocenters. The first kappa shape index (κ1) is 13.1. The predicted octanol–water partition coefficient (Wildman–Crippen LogP) is 0.697. The lowest BCUT2D eigenvalue weighted by Gasteiger charge is -2.34. The van der Waals surface area contributed by atoms with E-state index >= 15 is 0 Å². The molecule has 0 spiro atoms. The van der Waals surface area contributed by atoms with Crippen LogP contribution in [0.3, 0.4) is 0 Å². The van der Waals surface area contributed by atoms with Crippen LogP contribution in [0.15, 0.2) is 17.2 Å². The molecule has 1 saturated heterocycles. The zero-order chi connectivity index (χ0) is 13.1. The van der Waals surface area contributed by atoms with Crippen molar-refractivity contribution in [3.63, 3.8) is 0 Å². The Kier molecular flexibility index (Phi) is 4.01. The molecular formula is C13H22N4O. The van der Waals surface area contributed by atoms with Gasteiger partial charge in [0.25, 0.3) is 5.56 Å². The van der Waals surface area contributed by atoms with Crippen molar-refractivity contribution in [1.82, 2.24) is 14.9 Å². The second-order valence-electron chi connectivity index (χ2n) is 5.35. The van der Waals surface area contributed by atoms with E-state index in [-0.39, 0.29) is 5.56 Å². The number of hydrogen-bond acceptors (Lipinski definition) is 4. The van der Waals surface area contributed by atoms with Crippen molar-refractivity contribution in [1.29, 1.82) is 0 Å². The average Bonchev–Trinajstić information content (AvgIpc) is 2.32. The molecular weight excluding hydrogens is 228 g/mol. The van der Waals surface area contributed by atoms with Gasteiger partial charge in [-0.25, -0.2) is 4.98 Å². The second kappa shape index (κ2) is 5.52. The normalized spacial score (nSPS) is 20.4. The molecule has 0 saturated carbocycles. The third-order valence-corrected chi connectivity index (χ3v) is 3.23. The maximum atomic E-state index is 12.4. The Bertz CT molecular complexity index is 455. The smallest absolute Gasteiger partial charge is 0.293 e. The van der Waals surface area contributed by atoms with E-state index in [1.54, 1.807) is 17.0 Å². The van der Waals surface area contributed by atoms with Gasteiger partial charge in [-0.3, -0.25) is 4.79 Å². The number of piperazine rings is 1. The van der Waals surface area contributed by atoms with Crippen LogP contribution in [0.5, 0.6) is 0 Å². The fourth-order valence-electron chi connectivity index (χ4n) is 2.33. The molecule has 0 amide bonds. The minimum Gasteiger partial charge on any atom is -0.347 e. The highest BCUT2D eigenvalue weighted by atomic mass is 16.1. The molecule has 5 heteroatoms. The molecule has 2 rings (SSSR count). The van der Waals surface area contributed by atoms with Gasteiger partial charge in [-0.2, -0.15) is 0 Å². The van der Waals surface area contributed by atoms with E-state index in [9.17, 15) is 4.79 Å². The number of rotatable bonds is 3. The van der Waals surface area contributed by atoms with E-state index in [2.05, 4.69) is 36.0 Å². The summed E-state index contributed by atoms with van der Waals surface area (Å²) in [5.74, 6) is 1.05. The monoisotopic (exact) mass is 250 g/mol. The summed E-state index contributed by atoms with van der Waals surface area (Å²) in [6, 6.07) is 0.314. The molecule has 1 atom stereocenters. The van der Waals surface area contributed by atoms with Crippen LogP contribution >= 0.6 is 0 Å². The fraction of sp³-hybridized carbons (Fsp3) is 0.692. The van der Waals surface area contributed by atoms with Crippen LogP contribution in [0.4, 0.5) is 5.82 Å². The molecule has 2 heterocycles. The van der Waals surface area contributed by atoms with Crippen molar-refractivity contribution in [2.45, 2.75) is 33.4 Å². The first-order valence-corrected chi connectivity index (χ1v) is 6.62. The molecule has 1 N–H and O–H groups in total. The van der Waals surface area contributed by atoms with E-state index in [0.717, 1.165) is 26.2 Å². The van der Waals surface area contributed by atoms with Crippen molar-refractivity contribution >= 4 is 5.82 Å². The van der Waals surface area contributed by atoms with Gasteiger partial charge in [-0.05, 0) is 12.8 Å². The van der Waals surface area contributed by atoms with Gasteiger partial charge in [-0.1, -0.05) is 13.8 Å². The van der Waals surface area contributed by atoms with E-state index in [0.29, 0.717) is 17.8 Å². The Morgan fingerprint density at radius 3 is 3.00 bits per heavy atom. The van der Waals surface area contributed by atoms with E-state index < -0.39 is 0 Å². The highest BCUT2D eigenvalue weighted by molar-refractivity contribution is 5.38. The van der Waals surface area contributed by atoms with Crippen LogP contribution in [0.2, 0.25) is 0 Å². The van der Waals surface area contributed by atoms with Crippen LogP contribution < -0.4 is 15.8 Å². The van der Waals surface area contributed by atoms with Gasteiger partial charge in [0.05, 0.1) is 0 Å². The zero-order valence-corrected chi connectivity index (χ0v) is 11.4. The minimum absolute atomic E-state index is 0.0277. The lowest BCUT2D eigenvalue weighted by Crippen LogP contribution is -2.52. The molecule has 0 radical (unpaired) electrons. The first-order chi connectivity index (χ1) is 8.59. The lowest BCUT2D eigenvalue weighted by atomic mass is 10.2. The predicted molar refractivity (Wildman–Crippen MR) is 73.0 cm³/mol. The van der Waals surface area contributed by atoms with Gasteiger partial charge in [0, 0.05) is 44.6 Å². The number of nitrogens with zero attached hydrogens (tertiary/aromatic N) is 3. The Labute approximate surface area is 108 Å². The summed E-state index contributed by atoms with van der Waals surface area (Å²) in [6.45, 7) is 9.74. The summed E-state index contributed by atoms with van der Waals surface area (Å²) < 4.78 is 1.77. The molecule has 1 fully saturated rings. The quantitative estimate of drug-likeness (QED) is 0.858. The van der Waals surface area contributed by atoms with Crippen LogP contribution in [0, 0.1) is 5.92 Å². The first-order valence-electron chi connectivity index (χ1n) is 6.62. The molecule has 1 aromatic heterocycles. The third kappa shape index (κ3) is 2.72. The van der Waals surface area contributed by atoms with E-state index in [1.165, 1.54) is 0 Å². The topological polar surface area (TPSA) is 50.2 Å². The number of aromatic nitrogens is 2. The van der Waals surface area contributed by atoms with Crippen LogP contribution in [-0.2, 0) is 6.54 Å². The summed E-state index contributed by atoms with van der Waals surface area (Å²) in [5.41, 5.74) is 0.0277. The van der Waals surface area contributed by atoms with Crippen LogP contribution in [-0.4, -0.2) is 35.2 Å². The van der Waals surface area contributed by atoms with Crippen molar-refractivity contribution in [2.24, 2.45) is 5.92 Å². The van der Waals surface area contributed by atoms with Crippen molar-refractivity contribution in [3.8, 4) is 0 Å².